The third-order valence-electron chi connectivity index (χ3n) is 3.63. The Hall–Kier alpha value is -2.44. The average molecular weight is 292 g/mol. The number of nitrogens with zero attached hydrogens (tertiary/aromatic N) is 2. The number of benzene rings is 1. The van der Waals surface area contributed by atoms with Gasteiger partial charge in [0.05, 0.1) is 4.92 Å². The minimum absolute atomic E-state index is 0.0480. The third-order valence-corrected chi connectivity index (χ3v) is 3.63. The van der Waals surface area contributed by atoms with Crippen LogP contribution in [-0.2, 0) is 4.79 Å². The molecule has 0 spiro atoms. The van der Waals surface area contributed by atoms with Crippen molar-refractivity contribution in [3.05, 3.63) is 39.4 Å². The summed E-state index contributed by atoms with van der Waals surface area (Å²) in [5, 5.41) is 20.3. The van der Waals surface area contributed by atoms with Crippen molar-refractivity contribution in [3.8, 4) is 0 Å². The topological polar surface area (TPSA) is 101 Å². The van der Waals surface area contributed by atoms with Crippen LogP contribution in [0.2, 0.25) is 0 Å². The smallest absolute Gasteiger partial charge is 0.326 e. The highest BCUT2D eigenvalue weighted by Gasteiger charge is 2.35. The molecule has 1 N–H and O–H groups in total. The number of aliphatic carboxylic acids is 1. The quantitative estimate of drug-likeness (QED) is 0.678. The Labute approximate surface area is 121 Å². The summed E-state index contributed by atoms with van der Waals surface area (Å²) in [4.78, 5) is 35.5. The predicted octanol–water partition coefficient (Wildman–Crippen LogP) is 1.98. The van der Waals surface area contributed by atoms with E-state index >= 15 is 0 Å². The van der Waals surface area contributed by atoms with E-state index in [-0.39, 0.29) is 11.3 Å². The predicted molar refractivity (Wildman–Crippen MR) is 74.1 cm³/mol. The molecule has 1 aliphatic rings. The molecule has 1 aromatic rings. The van der Waals surface area contributed by atoms with E-state index in [2.05, 4.69) is 0 Å². The Morgan fingerprint density at radius 3 is 2.71 bits per heavy atom. The van der Waals surface area contributed by atoms with Gasteiger partial charge in [-0.25, -0.2) is 4.79 Å². The van der Waals surface area contributed by atoms with Crippen LogP contribution in [0.25, 0.3) is 0 Å². The molecule has 1 amide bonds. The number of piperidine rings is 1. The molecule has 0 bridgehead atoms. The van der Waals surface area contributed by atoms with Crippen molar-refractivity contribution in [1.82, 2.24) is 4.90 Å². The molecular weight excluding hydrogens is 276 g/mol. The second-order valence-electron chi connectivity index (χ2n) is 5.13. The first-order chi connectivity index (χ1) is 9.91. The maximum Gasteiger partial charge on any atom is 0.326 e. The minimum atomic E-state index is -1.07. The zero-order valence-electron chi connectivity index (χ0n) is 11.6. The summed E-state index contributed by atoms with van der Waals surface area (Å²) in [7, 11) is 0. The van der Waals surface area contributed by atoms with Gasteiger partial charge in [-0.05, 0) is 37.8 Å². The van der Waals surface area contributed by atoms with E-state index in [0.29, 0.717) is 24.9 Å². The normalized spacial score (nSPS) is 18.3. The van der Waals surface area contributed by atoms with E-state index in [1.54, 1.807) is 13.0 Å². The van der Waals surface area contributed by atoms with Gasteiger partial charge in [0.15, 0.2) is 0 Å². The summed E-state index contributed by atoms with van der Waals surface area (Å²) in [6, 6.07) is 3.36. The summed E-state index contributed by atoms with van der Waals surface area (Å²) in [5.41, 5.74) is 0.376. The average Bonchev–Trinajstić information content (AvgIpc) is 2.46. The Morgan fingerprint density at radius 1 is 1.38 bits per heavy atom. The summed E-state index contributed by atoms with van der Waals surface area (Å²) in [6.45, 7) is 2.03. The van der Waals surface area contributed by atoms with Gasteiger partial charge in [-0.3, -0.25) is 14.9 Å². The van der Waals surface area contributed by atoms with Crippen LogP contribution in [0, 0.1) is 17.0 Å². The summed E-state index contributed by atoms with van der Waals surface area (Å²) < 4.78 is 0. The number of aryl methyl sites for hydroxylation is 1. The summed E-state index contributed by atoms with van der Waals surface area (Å²) >= 11 is 0. The van der Waals surface area contributed by atoms with E-state index in [0.717, 1.165) is 6.42 Å². The van der Waals surface area contributed by atoms with Crippen molar-refractivity contribution >= 4 is 17.6 Å². The molecule has 0 saturated carbocycles. The number of carboxylic acids is 1. The molecule has 1 saturated heterocycles. The Kier molecular flexibility index (Phi) is 4.21. The van der Waals surface area contributed by atoms with Crippen LogP contribution in [0.4, 0.5) is 5.69 Å². The molecule has 1 aromatic carbocycles. The van der Waals surface area contributed by atoms with Crippen molar-refractivity contribution < 1.29 is 19.6 Å². The fourth-order valence-corrected chi connectivity index (χ4v) is 2.57. The number of hydrogen-bond donors (Lipinski definition) is 1. The number of carbonyl (C=O) groups is 2. The lowest BCUT2D eigenvalue weighted by atomic mass is 10.00. The molecule has 1 atom stereocenters. The first kappa shape index (κ1) is 15.0. The molecule has 21 heavy (non-hydrogen) atoms. The van der Waals surface area contributed by atoms with E-state index in [1.165, 1.54) is 17.0 Å². The van der Waals surface area contributed by atoms with E-state index in [9.17, 15) is 24.8 Å². The first-order valence-corrected chi connectivity index (χ1v) is 6.70. The lowest BCUT2D eigenvalue weighted by Gasteiger charge is -2.32. The number of nitro benzene ring substituents is 1. The number of likely N-dealkylation sites (tertiary alicyclic amines) is 1. The van der Waals surface area contributed by atoms with Gasteiger partial charge >= 0.3 is 5.97 Å². The fraction of sp³-hybridized carbons (Fsp3) is 0.429. The highest BCUT2D eigenvalue weighted by molar-refractivity contribution is 6.00. The number of hydrogen-bond acceptors (Lipinski definition) is 4. The molecule has 7 heteroatoms. The van der Waals surface area contributed by atoms with Crippen molar-refractivity contribution in [2.75, 3.05) is 6.54 Å². The van der Waals surface area contributed by atoms with E-state index in [4.69, 9.17) is 0 Å². The molecule has 0 radical (unpaired) electrons. The summed E-state index contributed by atoms with van der Waals surface area (Å²) in [5.74, 6) is -1.66. The fourth-order valence-electron chi connectivity index (χ4n) is 2.57. The molecule has 112 valence electrons. The second kappa shape index (κ2) is 5.90. The van der Waals surface area contributed by atoms with Crippen molar-refractivity contribution in [1.29, 1.82) is 0 Å². The second-order valence-corrected chi connectivity index (χ2v) is 5.13. The molecule has 2 rings (SSSR count). The van der Waals surface area contributed by atoms with Crippen LogP contribution >= 0.6 is 0 Å². The Balaban J connectivity index is 2.40. The van der Waals surface area contributed by atoms with Crippen LogP contribution in [0.5, 0.6) is 0 Å². The molecule has 1 heterocycles. The van der Waals surface area contributed by atoms with Crippen molar-refractivity contribution in [2.45, 2.75) is 32.2 Å². The first-order valence-electron chi connectivity index (χ1n) is 6.70. The monoisotopic (exact) mass is 292 g/mol. The molecule has 1 aliphatic heterocycles. The largest absolute Gasteiger partial charge is 0.480 e. The Bertz CT molecular complexity index is 599. The molecule has 7 nitrogen and oxygen atoms in total. The molecule has 0 aliphatic carbocycles. The SMILES string of the molecule is Cc1ccc([N+](=O)[O-])c(C(=O)N2CCCCC2C(=O)O)c1. The van der Waals surface area contributed by atoms with Crippen LogP contribution < -0.4 is 0 Å². The van der Waals surface area contributed by atoms with Crippen LogP contribution in [0.15, 0.2) is 18.2 Å². The van der Waals surface area contributed by atoms with Gasteiger partial charge in [-0.2, -0.15) is 0 Å². The zero-order chi connectivity index (χ0) is 15.6. The van der Waals surface area contributed by atoms with Gasteiger partial charge in [0.1, 0.15) is 11.6 Å². The lowest BCUT2D eigenvalue weighted by Crippen LogP contribution is -2.48. The number of nitro groups is 1. The maximum absolute atomic E-state index is 12.6. The van der Waals surface area contributed by atoms with Crippen LogP contribution in [-0.4, -0.2) is 39.4 Å². The highest BCUT2D eigenvalue weighted by atomic mass is 16.6. The van der Waals surface area contributed by atoms with Crippen molar-refractivity contribution in [3.63, 3.8) is 0 Å². The molecule has 1 fully saturated rings. The standard InChI is InChI=1S/C14H16N2O5/c1-9-5-6-11(16(20)21)10(8-9)13(17)15-7-3-2-4-12(15)14(18)19/h5-6,8,12H,2-4,7H2,1H3,(H,18,19). The summed E-state index contributed by atoms with van der Waals surface area (Å²) in [6.07, 6.45) is 1.81. The highest BCUT2D eigenvalue weighted by Crippen LogP contribution is 2.25. The molecular formula is C14H16N2O5. The molecule has 1 unspecified atom stereocenters. The van der Waals surface area contributed by atoms with Gasteiger partial charge in [-0.1, -0.05) is 6.07 Å². The van der Waals surface area contributed by atoms with Gasteiger partial charge in [0, 0.05) is 12.6 Å². The van der Waals surface area contributed by atoms with E-state index < -0.39 is 22.8 Å². The number of carbonyl (C=O) groups excluding carboxylic acids is 1. The molecule has 0 aromatic heterocycles. The van der Waals surface area contributed by atoms with Gasteiger partial charge < -0.3 is 10.0 Å². The van der Waals surface area contributed by atoms with Crippen LogP contribution in [0.3, 0.4) is 0 Å². The number of carboxylic acid groups (broad SMARTS) is 1. The number of amides is 1. The van der Waals surface area contributed by atoms with Crippen molar-refractivity contribution in [2.24, 2.45) is 0 Å². The van der Waals surface area contributed by atoms with Gasteiger partial charge in [-0.15, -0.1) is 0 Å². The van der Waals surface area contributed by atoms with Crippen LogP contribution in [0.1, 0.15) is 35.2 Å². The van der Waals surface area contributed by atoms with E-state index in [1.807, 2.05) is 0 Å². The Morgan fingerprint density at radius 2 is 2.10 bits per heavy atom. The number of rotatable bonds is 3. The minimum Gasteiger partial charge on any atom is -0.480 e. The van der Waals surface area contributed by atoms with Gasteiger partial charge in [0.2, 0.25) is 0 Å². The maximum atomic E-state index is 12.6. The third kappa shape index (κ3) is 3.01. The lowest BCUT2D eigenvalue weighted by molar-refractivity contribution is -0.385. The van der Waals surface area contributed by atoms with Gasteiger partial charge in [0.25, 0.3) is 11.6 Å². The zero-order valence-corrected chi connectivity index (χ0v) is 11.6.